The van der Waals surface area contributed by atoms with E-state index in [1.165, 1.54) is 23.9 Å². The van der Waals surface area contributed by atoms with Gasteiger partial charge in [0.15, 0.2) is 17.5 Å². The molecule has 2 N–H and O–H groups in total. The van der Waals surface area contributed by atoms with Crippen molar-refractivity contribution in [2.75, 3.05) is 23.9 Å². The summed E-state index contributed by atoms with van der Waals surface area (Å²) in [5, 5.41) is 5.37. The summed E-state index contributed by atoms with van der Waals surface area (Å²) in [6, 6.07) is 6.20. The molecule has 0 saturated heterocycles. The van der Waals surface area contributed by atoms with Gasteiger partial charge in [0, 0.05) is 35.8 Å². The summed E-state index contributed by atoms with van der Waals surface area (Å²) < 4.78 is 103. The van der Waals surface area contributed by atoms with Crippen LogP contribution in [0.3, 0.4) is 0 Å². The fourth-order valence-electron chi connectivity index (χ4n) is 2.72. The van der Waals surface area contributed by atoms with Crippen molar-refractivity contribution >= 4 is 50.8 Å². The van der Waals surface area contributed by atoms with Gasteiger partial charge >= 0.3 is 12.1 Å². The summed E-state index contributed by atoms with van der Waals surface area (Å²) in [4.78, 5) is 22.7. The summed E-state index contributed by atoms with van der Waals surface area (Å²) in [7, 11) is -4.08. The van der Waals surface area contributed by atoms with Gasteiger partial charge in [-0.05, 0) is 28.9 Å². The molecular formula is C20H15F6N5O4S2. The highest BCUT2D eigenvalue weighted by Crippen LogP contribution is 2.32. The first kappa shape index (κ1) is 28.0. The second-order valence-electron chi connectivity index (χ2n) is 6.95. The summed E-state index contributed by atoms with van der Waals surface area (Å²) in [6.45, 7) is 0. The zero-order valence-corrected chi connectivity index (χ0v) is 20.2. The molecule has 0 unspecified atom stereocenters. The fourth-order valence-corrected chi connectivity index (χ4v) is 4.22. The summed E-state index contributed by atoms with van der Waals surface area (Å²) in [5.74, 6) is -7.13. The highest BCUT2D eigenvalue weighted by atomic mass is 32.2. The summed E-state index contributed by atoms with van der Waals surface area (Å²) in [5.41, 5.74) is -0.0111. The number of carbonyl (C=O) groups is 1. The topological polar surface area (TPSA) is 114 Å². The van der Waals surface area contributed by atoms with Gasteiger partial charge in [-0.25, -0.2) is 36.4 Å². The van der Waals surface area contributed by atoms with Crippen LogP contribution in [0.1, 0.15) is 0 Å². The molecule has 0 aliphatic heterocycles. The van der Waals surface area contributed by atoms with Gasteiger partial charge in [-0.1, -0.05) is 0 Å². The van der Waals surface area contributed by atoms with Crippen LogP contribution in [0.4, 0.5) is 49.4 Å². The van der Waals surface area contributed by atoms with E-state index >= 15 is 0 Å². The minimum absolute atomic E-state index is 0.0242. The third-order valence-electron chi connectivity index (χ3n) is 4.44. The molecule has 2 aromatic carbocycles. The van der Waals surface area contributed by atoms with E-state index in [4.69, 9.17) is 0 Å². The molecule has 0 fully saturated rings. The van der Waals surface area contributed by atoms with E-state index in [0.717, 1.165) is 18.5 Å². The Bertz CT molecular complexity index is 1420. The van der Waals surface area contributed by atoms with E-state index in [2.05, 4.69) is 25.4 Å². The Morgan fingerprint density at radius 3 is 2.16 bits per heavy atom. The third kappa shape index (κ3) is 6.60. The molecule has 0 radical (unpaired) electrons. The molecule has 0 atom stereocenters. The fraction of sp³-hybridized carbons (Fsp3) is 0.150. The van der Waals surface area contributed by atoms with Crippen LogP contribution in [0.15, 0.2) is 52.5 Å². The van der Waals surface area contributed by atoms with Crippen molar-refractivity contribution < 1.29 is 44.4 Å². The normalized spacial score (nSPS) is 11.9. The van der Waals surface area contributed by atoms with Crippen LogP contribution < -0.4 is 10.6 Å². The van der Waals surface area contributed by atoms with Crippen LogP contribution in [0.2, 0.25) is 0 Å². The first-order chi connectivity index (χ1) is 17.2. The van der Waals surface area contributed by atoms with Gasteiger partial charge in [0.25, 0.3) is 10.0 Å². The SMILES string of the molecule is CSc1ccc(S(=O)(=O)N(C)OC(=O)C(F)(F)F)cc1Nc1cc(Nc2cc(F)c(F)c(F)c2)ncn1. The number of hydroxylamine groups is 1. The molecule has 0 spiro atoms. The van der Waals surface area contributed by atoms with Gasteiger partial charge in [0.2, 0.25) is 0 Å². The second-order valence-corrected chi connectivity index (χ2v) is 9.73. The number of benzene rings is 2. The van der Waals surface area contributed by atoms with Crippen molar-refractivity contribution in [1.29, 1.82) is 0 Å². The number of hydrogen-bond acceptors (Lipinski definition) is 9. The van der Waals surface area contributed by atoms with E-state index in [1.807, 2.05) is 0 Å². The lowest BCUT2D eigenvalue weighted by Crippen LogP contribution is -2.36. The molecule has 0 amide bonds. The number of hydrogen-bond donors (Lipinski definition) is 2. The van der Waals surface area contributed by atoms with E-state index in [0.29, 0.717) is 24.1 Å². The zero-order valence-electron chi connectivity index (χ0n) is 18.6. The maximum absolute atomic E-state index is 13.5. The number of rotatable bonds is 8. The van der Waals surface area contributed by atoms with E-state index < -0.39 is 44.5 Å². The largest absolute Gasteiger partial charge is 0.492 e. The van der Waals surface area contributed by atoms with Crippen LogP contribution in [-0.4, -0.2) is 48.3 Å². The Hall–Kier alpha value is -3.57. The van der Waals surface area contributed by atoms with Gasteiger partial charge < -0.3 is 15.5 Å². The molecule has 0 aliphatic carbocycles. The van der Waals surface area contributed by atoms with Crippen molar-refractivity contribution in [1.82, 2.24) is 14.4 Å². The van der Waals surface area contributed by atoms with Crippen LogP contribution >= 0.6 is 11.8 Å². The van der Waals surface area contributed by atoms with Crippen LogP contribution in [0, 0.1) is 17.5 Å². The smallest absolute Gasteiger partial charge is 0.345 e. The maximum atomic E-state index is 13.5. The quantitative estimate of drug-likeness (QED) is 0.172. The molecule has 198 valence electrons. The number of thioether (sulfide) groups is 1. The first-order valence-electron chi connectivity index (χ1n) is 9.69. The standard InChI is InChI=1S/C20H15F6N5O4S2/c1-31(35-19(32)20(24,25)26)37(33,34)11-3-4-15(36-2)14(7-11)30-17-8-16(27-9-28-17)29-10-5-12(21)18(23)13(22)6-10/h3-9H,1-2H3,(H2,27,28,29,30). The van der Waals surface area contributed by atoms with Crippen molar-refractivity contribution in [3.05, 3.63) is 60.2 Å². The summed E-state index contributed by atoms with van der Waals surface area (Å²) in [6.07, 6.45) is -2.69. The number of sulfonamides is 1. The number of anilines is 4. The molecule has 1 heterocycles. The number of nitrogens with zero attached hydrogens (tertiary/aromatic N) is 3. The molecular weight excluding hydrogens is 552 g/mol. The van der Waals surface area contributed by atoms with Gasteiger partial charge in [0.1, 0.15) is 18.0 Å². The number of aromatic nitrogens is 2. The van der Waals surface area contributed by atoms with Crippen molar-refractivity contribution in [3.63, 3.8) is 0 Å². The summed E-state index contributed by atoms with van der Waals surface area (Å²) >= 11 is 1.18. The van der Waals surface area contributed by atoms with E-state index in [1.54, 1.807) is 6.26 Å². The Morgan fingerprint density at radius 2 is 1.59 bits per heavy atom. The van der Waals surface area contributed by atoms with Crippen molar-refractivity contribution in [3.8, 4) is 0 Å². The monoisotopic (exact) mass is 567 g/mol. The highest BCUT2D eigenvalue weighted by molar-refractivity contribution is 7.98. The molecule has 3 aromatic rings. The van der Waals surface area contributed by atoms with Crippen LogP contribution in [0.5, 0.6) is 0 Å². The maximum Gasteiger partial charge on any atom is 0.492 e. The first-order valence-corrected chi connectivity index (χ1v) is 12.4. The highest BCUT2D eigenvalue weighted by Gasteiger charge is 2.43. The van der Waals surface area contributed by atoms with Gasteiger partial charge in [-0.2, -0.15) is 13.2 Å². The third-order valence-corrected chi connectivity index (χ3v) is 6.83. The Labute approximate surface area is 209 Å². The molecule has 17 heteroatoms. The predicted molar refractivity (Wildman–Crippen MR) is 120 cm³/mol. The lowest BCUT2D eigenvalue weighted by molar-refractivity contribution is -0.219. The number of halogens is 6. The minimum atomic E-state index is -5.41. The molecule has 1 aromatic heterocycles. The van der Waals surface area contributed by atoms with E-state index in [-0.39, 0.29) is 27.5 Å². The number of nitrogens with one attached hydrogen (secondary N) is 2. The van der Waals surface area contributed by atoms with Gasteiger partial charge in [-0.3, -0.25) is 0 Å². The van der Waals surface area contributed by atoms with Gasteiger partial charge in [0.05, 0.1) is 10.6 Å². The lowest BCUT2D eigenvalue weighted by atomic mass is 10.3. The average Bonchev–Trinajstić information content (AvgIpc) is 2.82. The van der Waals surface area contributed by atoms with Crippen molar-refractivity contribution in [2.45, 2.75) is 16.0 Å². The molecule has 0 bridgehead atoms. The molecule has 0 saturated carbocycles. The van der Waals surface area contributed by atoms with Crippen molar-refractivity contribution in [2.24, 2.45) is 0 Å². The molecule has 0 aliphatic rings. The minimum Gasteiger partial charge on any atom is -0.345 e. The zero-order chi connectivity index (χ0) is 27.5. The Balaban J connectivity index is 1.87. The van der Waals surface area contributed by atoms with E-state index in [9.17, 15) is 39.6 Å². The molecule has 3 rings (SSSR count). The average molecular weight is 567 g/mol. The van der Waals surface area contributed by atoms with Gasteiger partial charge in [-0.15, -0.1) is 11.8 Å². The predicted octanol–water partition coefficient (Wildman–Crippen LogP) is 4.74. The van der Waals surface area contributed by atoms with Crippen LogP contribution in [-0.2, 0) is 19.7 Å². The Kier molecular flexibility index (Phi) is 8.19. The lowest BCUT2D eigenvalue weighted by Gasteiger charge is -2.18. The second kappa shape index (κ2) is 10.8. The Morgan fingerprint density at radius 1 is 1.00 bits per heavy atom. The van der Waals surface area contributed by atoms with Crippen LogP contribution in [0.25, 0.3) is 0 Å². The number of alkyl halides is 3. The molecule has 37 heavy (non-hydrogen) atoms. The number of carbonyl (C=O) groups excluding carboxylic acids is 1. The molecule has 9 nitrogen and oxygen atoms in total.